The number of ketones is 1. The molecule has 1 heterocycles. The number of rotatable bonds is 3. The number of hydrogen-bond acceptors (Lipinski definition) is 1. The number of carbonyl (C=O) groups is 1. The van der Waals surface area contributed by atoms with Crippen LogP contribution in [0.4, 0.5) is 0 Å². The molecule has 16 heavy (non-hydrogen) atoms. The van der Waals surface area contributed by atoms with Crippen molar-refractivity contribution < 1.29 is 4.79 Å². The summed E-state index contributed by atoms with van der Waals surface area (Å²) >= 11 is 0. The number of benzene rings is 1. The summed E-state index contributed by atoms with van der Waals surface area (Å²) in [6.45, 7) is 6.07. The van der Waals surface area contributed by atoms with E-state index in [4.69, 9.17) is 0 Å². The van der Waals surface area contributed by atoms with Gasteiger partial charge in [-0.1, -0.05) is 25.5 Å². The van der Waals surface area contributed by atoms with E-state index in [0.717, 1.165) is 22.9 Å². The van der Waals surface area contributed by atoms with Gasteiger partial charge in [-0.3, -0.25) is 4.79 Å². The molecule has 1 aromatic heterocycles. The third-order valence-corrected chi connectivity index (χ3v) is 3.16. The van der Waals surface area contributed by atoms with Crippen LogP contribution in [0.3, 0.4) is 0 Å². The van der Waals surface area contributed by atoms with E-state index >= 15 is 0 Å². The van der Waals surface area contributed by atoms with Crippen molar-refractivity contribution in [2.45, 2.75) is 27.2 Å². The summed E-state index contributed by atoms with van der Waals surface area (Å²) in [7, 11) is 0. The van der Waals surface area contributed by atoms with Gasteiger partial charge >= 0.3 is 0 Å². The van der Waals surface area contributed by atoms with Crippen molar-refractivity contribution >= 4 is 16.7 Å². The van der Waals surface area contributed by atoms with E-state index in [9.17, 15) is 4.79 Å². The van der Waals surface area contributed by atoms with Crippen LogP contribution >= 0.6 is 0 Å². The molecular weight excluding hydrogens is 198 g/mol. The van der Waals surface area contributed by atoms with Gasteiger partial charge < -0.3 is 4.98 Å². The van der Waals surface area contributed by atoms with Gasteiger partial charge in [0.15, 0.2) is 5.78 Å². The molecule has 0 aliphatic rings. The molecule has 0 saturated heterocycles. The Labute approximate surface area is 95.7 Å². The van der Waals surface area contributed by atoms with Crippen molar-refractivity contribution in [1.82, 2.24) is 4.98 Å². The Morgan fingerprint density at radius 3 is 2.88 bits per heavy atom. The molecule has 1 aromatic carbocycles. The van der Waals surface area contributed by atoms with E-state index in [0.29, 0.717) is 0 Å². The average molecular weight is 215 g/mol. The van der Waals surface area contributed by atoms with Crippen LogP contribution in [0.5, 0.6) is 0 Å². The molecule has 2 rings (SSSR count). The number of aromatic nitrogens is 1. The van der Waals surface area contributed by atoms with Crippen LogP contribution in [-0.2, 0) is 0 Å². The number of aromatic amines is 1. The largest absolute Gasteiger partial charge is 0.360 e. The fraction of sp³-hybridized carbons (Fsp3) is 0.357. The molecule has 1 unspecified atom stereocenters. The molecule has 0 fully saturated rings. The Morgan fingerprint density at radius 1 is 1.44 bits per heavy atom. The van der Waals surface area contributed by atoms with Gasteiger partial charge in [0.05, 0.1) is 0 Å². The molecule has 1 N–H and O–H groups in total. The van der Waals surface area contributed by atoms with E-state index in [2.05, 4.69) is 17.1 Å². The highest BCUT2D eigenvalue weighted by Crippen LogP contribution is 2.23. The minimum absolute atomic E-state index is 0.0968. The van der Waals surface area contributed by atoms with Gasteiger partial charge in [0.1, 0.15) is 0 Å². The molecule has 0 aliphatic heterocycles. The molecular formula is C14H17NO. The average Bonchev–Trinajstić information content (AvgIpc) is 2.69. The molecule has 84 valence electrons. The Hall–Kier alpha value is -1.57. The Morgan fingerprint density at radius 2 is 2.19 bits per heavy atom. The van der Waals surface area contributed by atoms with Crippen molar-refractivity contribution in [2.75, 3.05) is 0 Å². The Kier molecular flexibility index (Phi) is 2.82. The third-order valence-electron chi connectivity index (χ3n) is 3.16. The van der Waals surface area contributed by atoms with Crippen LogP contribution in [0.25, 0.3) is 10.9 Å². The standard InChI is InChI=1S/C14H17NO/c1-4-10(3)14(16)12-8-15-13-6-5-9(2)7-11(12)13/h5-8,10,15H,4H2,1-3H3. The van der Waals surface area contributed by atoms with Crippen LogP contribution in [0, 0.1) is 12.8 Å². The monoisotopic (exact) mass is 215 g/mol. The summed E-state index contributed by atoms with van der Waals surface area (Å²) in [5, 5.41) is 1.05. The summed E-state index contributed by atoms with van der Waals surface area (Å²) in [5.74, 6) is 0.332. The molecule has 0 radical (unpaired) electrons. The first-order chi connectivity index (χ1) is 7.63. The summed E-state index contributed by atoms with van der Waals surface area (Å²) in [6, 6.07) is 6.15. The van der Waals surface area contributed by atoms with Crippen LogP contribution in [-0.4, -0.2) is 10.8 Å². The van der Waals surface area contributed by atoms with Gasteiger partial charge in [-0.2, -0.15) is 0 Å². The van der Waals surface area contributed by atoms with Gasteiger partial charge in [-0.25, -0.2) is 0 Å². The summed E-state index contributed by atoms with van der Waals surface area (Å²) < 4.78 is 0. The molecule has 0 amide bonds. The summed E-state index contributed by atoms with van der Waals surface area (Å²) in [5.41, 5.74) is 3.05. The van der Waals surface area contributed by atoms with Gasteiger partial charge in [0.2, 0.25) is 0 Å². The first kappa shape index (κ1) is 10.9. The normalized spacial score (nSPS) is 12.9. The fourth-order valence-corrected chi connectivity index (χ4v) is 1.89. The van der Waals surface area contributed by atoms with Crippen molar-refractivity contribution in [3.05, 3.63) is 35.5 Å². The molecule has 2 heteroatoms. The van der Waals surface area contributed by atoms with Crippen molar-refractivity contribution in [3.63, 3.8) is 0 Å². The first-order valence-corrected chi connectivity index (χ1v) is 5.75. The molecule has 0 bridgehead atoms. The fourth-order valence-electron chi connectivity index (χ4n) is 1.89. The number of carbonyl (C=O) groups excluding carboxylic acids is 1. The molecule has 0 saturated carbocycles. The van der Waals surface area contributed by atoms with Crippen molar-refractivity contribution in [1.29, 1.82) is 0 Å². The Balaban J connectivity index is 2.53. The number of fused-ring (bicyclic) bond motifs is 1. The topological polar surface area (TPSA) is 32.9 Å². The second kappa shape index (κ2) is 4.12. The van der Waals surface area contributed by atoms with Crippen LogP contribution in [0.1, 0.15) is 36.2 Å². The number of H-pyrrole nitrogens is 1. The maximum atomic E-state index is 12.1. The first-order valence-electron chi connectivity index (χ1n) is 5.75. The zero-order valence-corrected chi connectivity index (χ0v) is 10.0. The zero-order valence-electron chi connectivity index (χ0n) is 10.0. The summed E-state index contributed by atoms with van der Waals surface area (Å²) in [6.07, 6.45) is 2.72. The van der Waals surface area contributed by atoms with Gasteiger partial charge in [0, 0.05) is 28.6 Å². The minimum atomic E-state index is 0.0968. The minimum Gasteiger partial charge on any atom is -0.360 e. The van der Waals surface area contributed by atoms with Gasteiger partial charge in [-0.15, -0.1) is 0 Å². The van der Waals surface area contributed by atoms with Crippen molar-refractivity contribution in [2.24, 2.45) is 5.92 Å². The van der Waals surface area contributed by atoms with E-state index in [-0.39, 0.29) is 11.7 Å². The third kappa shape index (κ3) is 1.75. The van der Waals surface area contributed by atoms with E-state index in [1.165, 1.54) is 5.56 Å². The van der Waals surface area contributed by atoms with Crippen LogP contribution in [0.15, 0.2) is 24.4 Å². The highest BCUT2D eigenvalue weighted by atomic mass is 16.1. The molecule has 2 aromatic rings. The van der Waals surface area contributed by atoms with E-state index < -0.39 is 0 Å². The van der Waals surface area contributed by atoms with Gasteiger partial charge in [0.25, 0.3) is 0 Å². The maximum absolute atomic E-state index is 12.1. The second-order valence-corrected chi connectivity index (χ2v) is 4.42. The second-order valence-electron chi connectivity index (χ2n) is 4.42. The quantitative estimate of drug-likeness (QED) is 0.778. The lowest BCUT2D eigenvalue weighted by atomic mass is 9.96. The SMILES string of the molecule is CCC(C)C(=O)c1c[nH]c2ccc(C)cc12. The lowest BCUT2D eigenvalue weighted by molar-refractivity contribution is 0.0929. The predicted molar refractivity (Wildman–Crippen MR) is 66.8 cm³/mol. The van der Waals surface area contributed by atoms with Crippen LogP contribution in [0.2, 0.25) is 0 Å². The molecule has 2 nitrogen and oxygen atoms in total. The van der Waals surface area contributed by atoms with Crippen LogP contribution < -0.4 is 0 Å². The lowest BCUT2D eigenvalue weighted by Crippen LogP contribution is -2.09. The molecule has 0 spiro atoms. The van der Waals surface area contributed by atoms with E-state index in [1.807, 2.05) is 33.0 Å². The predicted octanol–water partition coefficient (Wildman–Crippen LogP) is 3.71. The maximum Gasteiger partial charge on any atom is 0.167 e. The van der Waals surface area contributed by atoms with E-state index in [1.54, 1.807) is 0 Å². The number of Topliss-reactive ketones (excluding diaryl/α,β-unsaturated/α-hetero) is 1. The Bertz CT molecular complexity index is 525. The van der Waals surface area contributed by atoms with Gasteiger partial charge in [-0.05, 0) is 25.5 Å². The number of nitrogens with one attached hydrogen (secondary N) is 1. The summed E-state index contributed by atoms with van der Waals surface area (Å²) in [4.78, 5) is 15.3. The highest BCUT2D eigenvalue weighted by Gasteiger charge is 2.16. The highest BCUT2D eigenvalue weighted by molar-refractivity contribution is 6.08. The zero-order chi connectivity index (χ0) is 11.7. The molecule has 1 atom stereocenters. The molecule has 0 aliphatic carbocycles. The lowest BCUT2D eigenvalue weighted by Gasteiger charge is -2.06. The number of aryl methyl sites for hydroxylation is 1. The van der Waals surface area contributed by atoms with Crippen molar-refractivity contribution in [3.8, 4) is 0 Å². The smallest absolute Gasteiger partial charge is 0.167 e. The number of hydrogen-bond donors (Lipinski definition) is 1.